The van der Waals surface area contributed by atoms with Crippen LogP contribution in [0.5, 0.6) is 0 Å². The van der Waals surface area contributed by atoms with Gasteiger partial charge in [-0.05, 0) is 45.3 Å². The number of nitrogens with one attached hydrogen (secondary N) is 1. The quantitative estimate of drug-likeness (QED) is 0.627. The van der Waals surface area contributed by atoms with Crippen LogP contribution >= 0.6 is 0 Å². The normalized spacial score (nSPS) is 20.2. The molecule has 23 heavy (non-hydrogen) atoms. The highest BCUT2D eigenvalue weighted by Gasteiger charge is 2.52. The minimum absolute atomic E-state index is 0.312. The van der Waals surface area contributed by atoms with Crippen molar-refractivity contribution >= 4 is 12.6 Å². The maximum Gasteiger partial charge on any atom is 0.494 e. The molecule has 0 atom stereocenters. The zero-order chi connectivity index (χ0) is 17.0. The van der Waals surface area contributed by atoms with Crippen molar-refractivity contribution in [3.8, 4) is 5.82 Å². The van der Waals surface area contributed by atoms with Gasteiger partial charge in [0.2, 0.25) is 5.82 Å². The Bertz CT molecular complexity index is 693. The molecule has 0 spiro atoms. The molecule has 0 radical (unpaired) electrons. The molecule has 4 nitrogen and oxygen atoms in total. The number of H-pyrrole nitrogens is 1. The largest absolute Gasteiger partial charge is 0.494 e. The lowest BCUT2D eigenvalue weighted by atomic mass is 9.79. The summed E-state index contributed by atoms with van der Waals surface area (Å²) in [5.41, 5.74) is -1.73. The van der Waals surface area contributed by atoms with E-state index >= 15 is 0 Å². The summed E-state index contributed by atoms with van der Waals surface area (Å²) < 4.78 is 52.8. The third-order valence-corrected chi connectivity index (χ3v) is 4.48. The SMILES string of the molecule is CC1(C)OB(c2cc(-n3cc[cH-]3)[nH+]c(C(F)(F)F)c2)OC1(C)C. The summed E-state index contributed by atoms with van der Waals surface area (Å²) in [6.45, 7) is 7.44. The van der Waals surface area contributed by atoms with Crippen LogP contribution in [0.1, 0.15) is 33.4 Å². The van der Waals surface area contributed by atoms with Crippen molar-refractivity contribution < 1.29 is 27.5 Å². The molecule has 8 heteroatoms. The van der Waals surface area contributed by atoms with Gasteiger partial charge in [-0.3, -0.25) is 4.98 Å². The van der Waals surface area contributed by atoms with E-state index in [9.17, 15) is 13.2 Å². The lowest BCUT2D eigenvalue weighted by Crippen LogP contribution is -2.41. The molecule has 3 heterocycles. The molecule has 1 N–H and O–H groups in total. The van der Waals surface area contributed by atoms with Crippen molar-refractivity contribution in [2.24, 2.45) is 0 Å². The molecule has 3 rings (SSSR count). The van der Waals surface area contributed by atoms with Crippen LogP contribution in [0.25, 0.3) is 5.82 Å². The van der Waals surface area contributed by atoms with E-state index in [1.807, 2.05) is 27.7 Å². The number of halogens is 3. The maximum atomic E-state index is 13.2. The van der Waals surface area contributed by atoms with Gasteiger partial charge >= 0.3 is 13.3 Å². The van der Waals surface area contributed by atoms with Crippen LogP contribution in [0, 0.1) is 0 Å². The van der Waals surface area contributed by atoms with Gasteiger partial charge in [-0.25, -0.2) is 0 Å². The lowest BCUT2D eigenvalue weighted by molar-refractivity contribution is -0.421. The molecule has 1 fully saturated rings. The molecule has 2 aromatic heterocycles. The second kappa shape index (κ2) is 4.91. The van der Waals surface area contributed by atoms with Gasteiger partial charge in [-0.1, -0.05) is 6.07 Å². The Hall–Kier alpha value is -1.67. The van der Waals surface area contributed by atoms with Crippen LogP contribution in [-0.2, 0) is 15.5 Å². The van der Waals surface area contributed by atoms with Crippen LogP contribution in [0.2, 0.25) is 0 Å². The highest BCUT2D eigenvalue weighted by molar-refractivity contribution is 6.62. The van der Waals surface area contributed by atoms with E-state index in [1.165, 1.54) is 0 Å². The second-order valence-corrected chi connectivity index (χ2v) is 6.70. The van der Waals surface area contributed by atoms with E-state index in [0.29, 0.717) is 11.3 Å². The second-order valence-electron chi connectivity index (χ2n) is 6.70. The summed E-state index contributed by atoms with van der Waals surface area (Å²) in [4.78, 5) is 2.40. The Kier molecular flexibility index (Phi) is 3.46. The van der Waals surface area contributed by atoms with E-state index in [2.05, 4.69) is 4.98 Å². The van der Waals surface area contributed by atoms with Gasteiger partial charge in [-0.2, -0.15) is 13.2 Å². The molecule has 0 unspecified atom stereocenters. The third-order valence-electron chi connectivity index (χ3n) is 4.48. The first-order chi connectivity index (χ1) is 10.5. The van der Waals surface area contributed by atoms with E-state index in [1.54, 1.807) is 29.1 Å². The first-order valence-electron chi connectivity index (χ1n) is 7.30. The molecular weight excluding hydrogens is 308 g/mol. The number of aromatic amines is 1. The van der Waals surface area contributed by atoms with Crippen LogP contribution in [-0.4, -0.2) is 22.9 Å². The molecular formula is C15H18BF3N2O2. The Balaban J connectivity index is 2.04. The molecule has 1 saturated heterocycles. The number of rotatable bonds is 2. The Labute approximate surface area is 132 Å². The minimum atomic E-state index is -4.48. The van der Waals surface area contributed by atoms with Gasteiger partial charge in [0.15, 0.2) is 5.69 Å². The number of hydrogen-bond donors (Lipinski definition) is 0. The first kappa shape index (κ1) is 16.2. The van der Waals surface area contributed by atoms with Gasteiger partial charge in [-0.15, -0.1) is 0 Å². The van der Waals surface area contributed by atoms with Crippen molar-refractivity contribution in [2.75, 3.05) is 0 Å². The highest BCUT2D eigenvalue weighted by Crippen LogP contribution is 2.36. The van der Waals surface area contributed by atoms with E-state index in [4.69, 9.17) is 9.31 Å². The van der Waals surface area contributed by atoms with Crippen LogP contribution < -0.4 is 10.4 Å². The molecule has 1 aliphatic rings. The van der Waals surface area contributed by atoms with Crippen LogP contribution in [0.15, 0.2) is 30.6 Å². The van der Waals surface area contributed by atoms with Gasteiger partial charge in [0.25, 0.3) is 0 Å². The van der Waals surface area contributed by atoms with Crippen molar-refractivity contribution in [3.05, 3.63) is 36.3 Å². The van der Waals surface area contributed by atoms with Crippen molar-refractivity contribution in [2.45, 2.75) is 45.1 Å². The Morgan fingerprint density at radius 1 is 1.13 bits per heavy atom. The Morgan fingerprint density at radius 2 is 1.70 bits per heavy atom. The van der Waals surface area contributed by atoms with E-state index < -0.39 is 30.2 Å². The maximum absolute atomic E-state index is 13.2. The third kappa shape index (κ3) is 2.81. The average molecular weight is 326 g/mol. The fourth-order valence-corrected chi connectivity index (χ4v) is 2.32. The van der Waals surface area contributed by atoms with Gasteiger partial charge in [0, 0.05) is 12.4 Å². The molecule has 1 aliphatic heterocycles. The molecule has 0 amide bonds. The van der Waals surface area contributed by atoms with Gasteiger partial charge < -0.3 is 13.9 Å². The first-order valence-corrected chi connectivity index (χ1v) is 7.30. The van der Waals surface area contributed by atoms with Crippen molar-refractivity contribution in [1.82, 2.24) is 4.57 Å². The van der Waals surface area contributed by atoms with Crippen molar-refractivity contribution in [3.63, 3.8) is 0 Å². The summed E-state index contributed by atoms with van der Waals surface area (Å²) in [6.07, 6.45) is -1.15. The molecule has 0 bridgehead atoms. The summed E-state index contributed by atoms with van der Waals surface area (Å²) in [5, 5.41) is 0. The summed E-state index contributed by atoms with van der Waals surface area (Å²) in [7, 11) is -0.847. The standard InChI is InChI=1S/C15H17BF3N2O2/c1-13(2)14(3,4)23-16(22-13)10-8-11(15(17,18)19)20-12(9-10)21-6-5-7-21/h5-9H,1-4H3/q-1/p+1. The van der Waals surface area contributed by atoms with Gasteiger partial charge in [0.05, 0.1) is 11.2 Å². The fraction of sp³-hybridized carbons (Fsp3) is 0.467. The predicted octanol–water partition coefficient (Wildman–Crippen LogP) is 2.33. The zero-order valence-corrected chi connectivity index (χ0v) is 13.4. The topological polar surface area (TPSA) is 37.5 Å². The molecule has 0 saturated carbocycles. The zero-order valence-electron chi connectivity index (χ0n) is 13.4. The number of nitrogens with zero attached hydrogens (tertiary/aromatic N) is 1. The summed E-state index contributed by atoms with van der Waals surface area (Å²) in [5.74, 6) is 0.312. The molecule has 0 aliphatic carbocycles. The van der Waals surface area contributed by atoms with E-state index in [0.717, 1.165) is 6.07 Å². The fourth-order valence-electron chi connectivity index (χ4n) is 2.32. The molecule has 124 valence electrons. The minimum Gasteiger partial charge on any atom is -0.399 e. The summed E-state index contributed by atoms with van der Waals surface area (Å²) in [6, 6.07) is 4.38. The number of aromatic nitrogens is 2. The van der Waals surface area contributed by atoms with Gasteiger partial charge in [0.1, 0.15) is 0 Å². The predicted molar refractivity (Wildman–Crippen MR) is 78.6 cm³/mol. The smallest absolute Gasteiger partial charge is 0.399 e. The van der Waals surface area contributed by atoms with Crippen LogP contribution in [0.4, 0.5) is 13.2 Å². The number of pyridine rings is 1. The Morgan fingerprint density at radius 3 is 2.13 bits per heavy atom. The monoisotopic (exact) mass is 326 g/mol. The van der Waals surface area contributed by atoms with E-state index in [-0.39, 0.29) is 0 Å². The van der Waals surface area contributed by atoms with Crippen LogP contribution in [0.3, 0.4) is 0 Å². The molecule has 0 aromatic carbocycles. The molecule has 2 aromatic rings. The highest BCUT2D eigenvalue weighted by atomic mass is 19.4. The number of hydrogen-bond acceptors (Lipinski definition) is 2. The van der Waals surface area contributed by atoms with Crippen molar-refractivity contribution in [1.29, 1.82) is 0 Å². The number of alkyl halides is 3. The lowest BCUT2D eigenvalue weighted by Gasteiger charge is -2.32. The summed E-state index contributed by atoms with van der Waals surface area (Å²) >= 11 is 0. The average Bonchev–Trinajstić information content (AvgIpc) is 2.55.